The van der Waals surface area contributed by atoms with Crippen molar-refractivity contribution in [1.29, 1.82) is 5.26 Å². The first kappa shape index (κ1) is 15.3. The third-order valence-corrected chi connectivity index (χ3v) is 3.18. The molecular weight excluding hydrogens is 288 g/mol. The number of carbonyl (C=O) groups excluding carboxylic acids is 2. The summed E-state index contributed by atoms with van der Waals surface area (Å²) in [6.45, 7) is 0. The van der Waals surface area contributed by atoms with Crippen LogP contribution in [0.3, 0.4) is 0 Å². The molecule has 1 N–H and O–H groups in total. The topological polar surface area (TPSA) is 79.2 Å². The van der Waals surface area contributed by atoms with Crippen LogP contribution in [-0.2, 0) is 9.53 Å². The number of rotatable bonds is 5. The summed E-state index contributed by atoms with van der Waals surface area (Å²) >= 11 is 7.06. The van der Waals surface area contributed by atoms with Crippen LogP contribution in [0.5, 0.6) is 0 Å². The number of benzene rings is 1. The maximum absolute atomic E-state index is 11.5. The van der Waals surface area contributed by atoms with Crippen molar-refractivity contribution in [3.8, 4) is 6.07 Å². The Labute approximate surface area is 119 Å². The highest BCUT2D eigenvalue weighted by atomic mass is 35.5. The van der Waals surface area contributed by atoms with Gasteiger partial charge in [0.1, 0.15) is 0 Å². The lowest BCUT2D eigenvalue weighted by atomic mass is 10.2. The van der Waals surface area contributed by atoms with Gasteiger partial charge in [-0.25, -0.2) is 4.79 Å². The van der Waals surface area contributed by atoms with E-state index in [1.165, 1.54) is 31.0 Å². The predicted octanol–water partition coefficient (Wildman–Crippen LogP) is 2.32. The number of nitrogens with one attached hydrogen (secondary N) is 1. The fraction of sp³-hybridized carbons (Fsp3) is 0.250. The summed E-state index contributed by atoms with van der Waals surface area (Å²) in [6, 6.07) is 6.47. The highest BCUT2D eigenvalue weighted by molar-refractivity contribution is 8.00. The Morgan fingerprint density at radius 2 is 2.26 bits per heavy atom. The largest absolute Gasteiger partial charge is 0.465 e. The first-order chi connectivity index (χ1) is 9.08. The first-order valence-electron chi connectivity index (χ1n) is 5.21. The van der Waals surface area contributed by atoms with Crippen molar-refractivity contribution < 1.29 is 14.3 Å². The van der Waals surface area contributed by atoms with Crippen LogP contribution in [0.1, 0.15) is 10.4 Å². The van der Waals surface area contributed by atoms with Crippen molar-refractivity contribution in [2.45, 2.75) is 0 Å². The van der Waals surface area contributed by atoms with E-state index in [-0.39, 0.29) is 28.0 Å². The van der Waals surface area contributed by atoms with Crippen LogP contribution in [0.15, 0.2) is 18.2 Å². The number of halogens is 1. The molecule has 100 valence electrons. The molecule has 0 spiro atoms. The number of hydrogen-bond donors (Lipinski definition) is 1. The molecule has 0 radical (unpaired) electrons. The van der Waals surface area contributed by atoms with E-state index >= 15 is 0 Å². The minimum absolute atomic E-state index is 0.170. The summed E-state index contributed by atoms with van der Waals surface area (Å²) in [7, 11) is 1.25. The monoisotopic (exact) mass is 298 g/mol. The molecule has 0 fully saturated rings. The Balaban J connectivity index is 2.72. The van der Waals surface area contributed by atoms with Gasteiger partial charge in [0, 0.05) is 5.69 Å². The Hall–Kier alpha value is -1.71. The van der Waals surface area contributed by atoms with Gasteiger partial charge in [-0.3, -0.25) is 4.79 Å². The van der Waals surface area contributed by atoms with Crippen molar-refractivity contribution in [3.05, 3.63) is 28.8 Å². The molecule has 19 heavy (non-hydrogen) atoms. The number of nitrogens with zero attached hydrogens (tertiary/aromatic N) is 1. The minimum atomic E-state index is -0.569. The van der Waals surface area contributed by atoms with Crippen LogP contribution >= 0.6 is 23.4 Å². The van der Waals surface area contributed by atoms with Crippen molar-refractivity contribution in [2.75, 3.05) is 23.9 Å². The zero-order valence-corrected chi connectivity index (χ0v) is 11.7. The first-order valence-corrected chi connectivity index (χ1v) is 6.74. The molecule has 0 aliphatic heterocycles. The van der Waals surface area contributed by atoms with E-state index in [1.54, 1.807) is 6.07 Å². The molecule has 0 saturated carbocycles. The molecule has 1 amide bonds. The molecule has 0 aliphatic rings. The standard InChI is InChI=1S/C12H11ClN2O3S/c1-18-12(17)9-6-8(2-3-10(9)13)15-11(16)7-19-5-4-14/h2-3,6H,5,7H2,1H3,(H,15,16). The van der Waals surface area contributed by atoms with Gasteiger partial charge >= 0.3 is 5.97 Å². The summed E-state index contributed by atoms with van der Waals surface area (Å²) < 4.78 is 4.58. The van der Waals surface area contributed by atoms with Crippen LogP contribution in [0.4, 0.5) is 5.69 Å². The van der Waals surface area contributed by atoms with E-state index in [9.17, 15) is 9.59 Å². The molecule has 0 atom stereocenters. The SMILES string of the molecule is COC(=O)c1cc(NC(=O)CSCC#N)ccc1Cl. The number of amides is 1. The number of anilines is 1. The predicted molar refractivity (Wildman–Crippen MR) is 74.4 cm³/mol. The number of methoxy groups -OCH3 is 1. The average Bonchev–Trinajstić information content (AvgIpc) is 2.40. The van der Waals surface area contributed by atoms with Crippen LogP contribution in [0, 0.1) is 11.3 Å². The van der Waals surface area contributed by atoms with Crippen LogP contribution < -0.4 is 5.32 Å². The summed E-state index contributed by atoms with van der Waals surface area (Å²) in [5.74, 6) is -0.399. The van der Waals surface area contributed by atoms with Gasteiger partial charge in [0.2, 0.25) is 5.91 Å². The van der Waals surface area contributed by atoms with Crippen LogP contribution in [-0.4, -0.2) is 30.5 Å². The second-order valence-electron chi connectivity index (χ2n) is 3.39. The van der Waals surface area contributed by atoms with E-state index in [0.717, 1.165) is 0 Å². The summed E-state index contributed by atoms with van der Waals surface area (Å²) in [5.41, 5.74) is 0.638. The molecule has 1 aromatic carbocycles. The van der Waals surface area contributed by atoms with Gasteiger partial charge in [-0.2, -0.15) is 5.26 Å². The molecule has 1 aromatic rings. The lowest BCUT2D eigenvalue weighted by molar-refractivity contribution is -0.113. The molecule has 1 rings (SSSR count). The van der Waals surface area contributed by atoms with Crippen molar-refractivity contribution in [3.63, 3.8) is 0 Å². The second kappa shape index (κ2) is 7.67. The molecule has 7 heteroatoms. The van der Waals surface area contributed by atoms with Gasteiger partial charge in [0.25, 0.3) is 0 Å². The van der Waals surface area contributed by atoms with Crippen molar-refractivity contribution >= 4 is 40.9 Å². The lowest BCUT2D eigenvalue weighted by Crippen LogP contribution is -2.15. The number of esters is 1. The summed E-state index contributed by atoms with van der Waals surface area (Å²) in [4.78, 5) is 23.0. The van der Waals surface area contributed by atoms with Gasteiger partial charge in [-0.1, -0.05) is 11.6 Å². The van der Waals surface area contributed by atoms with Crippen molar-refractivity contribution in [2.24, 2.45) is 0 Å². The van der Waals surface area contributed by atoms with Gasteiger partial charge in [0.05, 0.1) is 35.3 Å². The van der Waals surface area contributed by atoms with Gasteiger partial charge in [-0.05, 0) is 18.2 Å². The fourth-order valence-corrected chi connectivity index (χ4v) is 1.90. The molecule has 0 heterocycles. The third-order valence-electron chi connectivity index (χ3n) is 2.06. The number of thioether (sulfide) groups is 1. The maximum Gasteiger partial charge on any atom is 0.339 e. The van der Waals surface area contributed by atoms with Crippen LogP contribution in [0.2, 0.25) is 5.02 Å². The second-order valence-corrected chi connectivity index (χ2v) is 4.78. The highest BCUT2D eigenvalue weighted by Gasteiger charge is 2.12. The molecule has 0 bridgehead atoms. The summed E-state index contributed by atoms with van der Waals surface area (Å²) in [5, 5.41) is 11.2. The zero-order valence-electron chi connectivity index (χ0n) is 10.1. The molecular formula is C12H11ClN2O3S. The molecule has 0 aromatic heterocycles. The number of carbonyl (C=O) groups is 2. The smallest absolute Gasteiger partial charge is 0.339 e. The Kier molecular flexibility index (Phi) is 6.19. The third kappa shape index (κ3) is 4.81. The number of hydrogen-bond acceptors (Lipinski definition) is 5. The average molecular weight is 299 g/mol. The fourth-order valence-electron chi connectivity index (χ4n) is 1.26. The molecule has 5 nitrogen and oxygen atoms in total. The highest BCUT2D eigenvalue weighted by Crippen LogP contribution is 2.21. The normalized spacial score (nSPS) is 9.53. The molecule has 0 aliphatic carbocycles. The quantitative estimate of drug-likeness (QED) is 0.666. The van der Waals surface area contributed by atoms with E-state index in [2.05, 4.69) is 10.1 Å². The van der Waals surface area contributed by atoms with E-state index in [4.69, 9.17) is 16.9 Å². The molecule has 0 saturated heterocycles. The van der Waals surface area contributed by atoms with Crippen molar-refractivity contribution in [1.82, 2.24) is 0 Å². The van der Waals surface area contributed by atoms with E-state index in [1.807, 2.05) is 6.07 Å². The van der Waals surface area contributed by atoms with Gasteiger partial charge in [-0.15, -0.1) is 11.8 Å². The lowest BCUT2D eigenvalue weighted by Gasteiger charge is -2.07. The summed E-state index contributed by atoms with van der Waals surface area (Å²) in [6.07, 6.45) is 0. The Bertz CT molecular complexity index is 528. The van der Waals surface area contributed by atoms with Gasteiger partial charge in [0.15, 0.2) is 0 Å². The van der Waals surface area contributed by atoms with E-state index < -0.39 is 5.97 Å². The Morgan fingerprint density at radius 3 is 2.89 bits per heavy atom. The maximum atomic E-state index is 11.5. The number of ether oxygens (including phenoxy) is 1. The zero-order chi connectivity index (χ0) is 14.3. The minimum Gasteiger partial charge on any atom is -0.465 e. The van der Waals surface area contributed by atoms with Crippen LogP contribution in [0.25, 0.3) is 0 Å². The number of nitriles is 1. The van der Waals surface area contributed by atoms with Gasteiger partial charge < -0.3 is 10.1 Å². The molecule has 0 unspecified atom stereocenters. The Morgan fingerprint density at radius 1 is 1.53 bits per heavy atom. The van der Waals surface area contributed by atoms with E-state index in [0.29, 0.717) is 5.69 Å².